The highest BCUT2D eigenvalue weighted by Crippen LogP contribution is 2.42. The largest absolute Gasteiger partial charge is 0.0990 e. The Morgan fingerprint density at radius 2 is 1.33 bits per heavy atom. The average molecular weight is 647 g/mol. The van der Waals surface area contributed by atoms with Crippen LogP contribution in [-0.2, 0) is 0 Å². The summed E-state index contributed by atoms with van der Waals surface area (Å²) < 4.78 is 0. The predicted molar refractivity (Wildman–Crippen MR) is 221 cm³/mol. The summed E-state index contributed by atoms with van der Waals surface area (Å²) in [5, 5.41) is 0. The number of hydrogen-bond donors (Lipinski definition) is 0. The van der Waals surface area contributed by atoms with Crippen LogP contribution in [0.4, 0.5) is 0 Å². The summed E-state index contributed by atoms with van der Waals surface area (Å²) in [5.74, 6) is 1.20. The van der Waals surface area contributed by atoms with Gasteiger partial charge in [0.05, 0.1) is 0 Å². The quantitative estimate of drug-likeness (QED) is 0.142. The van der Waals surface area contributed by atoms with Gasteiger partial charge in [0.1, 0.15) is 0 Å². The standard InChI is InChI=1S/C38H40.C7H8.C4H10/c1-7-11-33(20-17-29-15-18-31(19-16-29)32-23-21-30(22-24-32)27(4)5)36-13-10-14-37(28(36)6)35(9-3)38(12-8-2)34-25-26-34;1-7-5-3-2-4-6-7;1-3-4-2/h7-24,27,34H,1,3,25-26H2,2,4-6H3;2-6H,1H3;3-4H2,1-2H3/b12-8-,20-17-,33-11+,38-35-;;. The Morgan fingerprint density at radius 1 is 0.735 bits per heavy atom. The van der Waals surface area contributed by atoms with E-state index in [2.05, 4.69) is 171 Å². The van der Waals surface area contributed by atoms with Crippen molar-refractivity contribution in [3.8, 4) is 11.1 Å². The Morgan fingerprint density at radius 3 is 1.80 bits per heavy atom. The fourth-order valence-electron chi connectivity index (χ4n) is 5.57. The lowest BCUT2D eigenvalue weighted by Crippen LogP contribution is -1.97. The third kappa shape index (κ3) is 12.1. The molecule has 0 unspecified atom stereocenters. The first kappa shape index (κ1) is 38.8. The minimum absolute atomic E-state index is 0.548. The van der Waals surface area contributed by atoms with Gasteiger partial charge in [-0.1, -0.05) is 199 Å². The maximum absolute atomic E-state index is 4.18. The molecule has 1 saturated carbocycles. The summed E-state index contributed by atoms with van der Waals surface area (Å²) >= 11 is 0. The number of unbranched alkanes of at least 4 members (excludes halogenated alkanes) is 1. The topological polar surface area (TPSA) is 0 Å². The first-order valence-electron chi connectivity index (χ1n) is 18.1. The summed E-state index contributed by atoms with van der Waals surface area (Å²) in [6, 6.07) is 34.5. The third-order valence-electron chi connectivity index (χ3n) is 8.83. The first-order valence-corrected chi connectivity index (χ1v) is 18.1. The van der Waals surface area contributed by atoms with Crippen molar-refractivity contribution in [2.75, 3.05) is 0 Å². The zero-order valence-corrected chi connectivity index (χ0v) is 31.2. The Kier molecular flexibility index (Phi) is 16.3. The third-order valence-corrected chi connectivity index (χ3v) is 8.83. The van der Waals surface area contributed by atoms with Gasteiger partial charge in [0.15, 0.2) is 0 Å². The summed E-state index contributed by atoms with van der Waals surface area (Å²) in [6.45, 7) is 23.4. The number of hydrogen-bond acceptors (Lipinski definition) is 0. The molecule has 0 saturated heterocycles. The zero-order chi connectivity index (χ0) is 35.6. The number of rotatable bonds is 11. The summed E-state index contributed by atoms with van der Waals surface area (Å²) in [6.07, 6.45) is 20.0. The molecule has 0 amide bonds. The van der Waals surface area contributed by atoms with Crippen LogP contribution in [0.5, 0.6) is 0 Å². The van der Waals surface area contributed by atoms with Gasteiger partial charge >= 0.3 is 0 Å². The number of allylic oxidation sites excluding steroid dienone is 9. The van der Waals surface area contributed by atoms with Gasteiger partial charge in [-0.25, -0.2) is 0 Å². The van der Waals surface area contributed by atoms with Crippen LogP contribution < -0.4 is 0 Å². The molecule has 4 aromatic carbocycles. The molecule has 0 heterocycles. The summed E-state index contributed by atoms with van der Waals surface area (Å²) in [4.78, 5) is 0. The van der Waals surface area contributed by atoms with E-state index >= 15 is 0 Å². The van der Waals surface area contributed by atoms with E-state index in [0.717, 1.165) is 5.57 Å². The van der Waals surface area contributed by atoms with E-state index in [-0.39, 0.29) is 0 Å². The molecule has 0 bridgehead atoms. The zero-order valence-electron chi connectivity index (χ0n) is 31.2. The van der Waals surface area contributed by atoms with Crippen molar-refractivity contribution in [1.29, 1.82) is 0 Å². The van der Waals surface area contributed by atoms with E-state index in [4.69, 9.17) is 0 Å². The highest BCUT2D eigenvalue weighted by molar-refractivity contribution is 5.87. The van der Waals surface area contributed by atoms with E-state index in [1.54, 1.807) is 0 Å². The van der Waals surface area contributed by atoms with Gasteiger partial charge in [0, 0.05) is 0 Å². The molecule has 1 aliphatic carbocycles. The van der Waals surface area contributed by atoms with E-state index < -0.39 is 0 Å². The van der Waals surface area contributed by atoms with Crippen LogP contribution in [0.1, 0.15) is 99.6 Å². The molecule has 254 valence electrons. The lowest BCUT2D eigenvalue weighted by molar-refractivity contribution is 0.867. The van der Waals surface area contributed by atoms with E-state index in [1.165, 1.54) is 81.3 Å². The molecule has 1 aliphatic rings. The van der Waals surface area contributed by atoms with Gasteiger partial charge in [0.25, 0.3) is 0 Å². The second-order valence-corrected chi connectivity index (χ2v) is 13.1. The van der Waals surface area contributed by atoms with E-state index in [0.29, 0.717) is 11.8 Å². The maximum atomic E-state index is 4.18. The molecule has 0 N–H and O–H groups in total. The van der Waals surface area contributed by atoms with Gasteiger partial charge in [-0.05, 0) is 101 Å². The van der Waals surface area contributed by atoms with Gasteiger partial charge in [-0.3, -0.25) is 0 Å². The molecule has 1 fully saturated rings. The van der Waals surface area contributed by atoms with Crippen LogP contribution in [0.15, 0.2) is 152 Å². The van der Waals surface area contributed by atoms with Crippen LogP contribution >= 0.6 is 0 Å². The molecule has 5 rings (SSSR count). The molecule has 0 aliphatic heterocycles. The molecule has 0 atom stereocenters. The fourth-order valence-corrected chi connectivity index (χ4v) is 5.57. The Bertz CT molecular complexity index is 1710. The van der Waals surface area contributed by atoms with Crippen molar-refractivity contribution in [2.45, 2.75) is 80.1 Å². The van der Waals surface area contributed by atoms with Crippen LogP contribution in [0.2, 0.25) is 0 Å². The summed E-state index contributed by atoms with van der Waals surface area (Å²) in [5.41, 5.74) is 13.9. The van der Waals surface area contributed by atoms with Crippen molar-refractivity contribution in [1.82, 2.24) is 0 Å². The number of benzene rings is 4. The Hall–Kier alpha value is -4.68. The molecule has 0 spiro atoms. The highest BCUT2D eigenvalue weighted by Gasteiger charge is 2.27. The molecule has 0 heteroatoms. The monoisotopic (exact) mass is 646 g/mol. The second-order valence-electron chi connectivity index (χ2n) is 13.1. The van der Waals surface area contributed by atoms with Crippen molar-refractivity contribution >= 4 is 17.2 Å². The minimum atomic E-state index is 0.548. The lowest BCUT2D eigenvalue weighted by Gasteiger charge is -2.16. The number of aryl methyl sites for hydroxylation is 1. The van der Waals surface area contributed by atoms with E-state index in [9.17, 15) is 0 Å². The van der Waals surface area contributed by atoms with Crippen molar-refractivity contribution in [3.63, 3.8) is 0 Å². The van der Waals surface area contributed by atoms with Gasteiger partial charge in [-0.15, -0.1) is 0 Å². The van der Waals surface area contributed by atoms with Crippen LogP contribution in [0.25, 0.3) is 28.3 Å². The van der Waals surface area contributed by atoms with Gasteiger partial charge in [-0.2, -0.15) is 0 Å². The Balaban J connectivity index is 0.000000505. The van der Waals surface area contributed by atoms with Crippen LogP contribution in [0, 0.1) is 19.8 Å². The van der Waals surface area contributed by atoms with Crippen LogP contribution in [0.3, 0.4) is 0 Å². The fraction of sp³-hybridized carbons (Fsp3) is 0.265. The normalized spacial score (nSPS) is 13.3. The molecular formula is C49H58. The van der Waals surface area contributed by atoms with Crippen molar-refractivity contribution in [2.24, 2.45) is 5.92 Å². The first-order chi connectivity index (χ1) is 23.8. The lowest BCUT2D eigenvalue weighted by atomic mass is 9.88. The second kappa shape index (κ2) is 20.6. The molecular weight excluding hydrogens is 589 g/mol. The van der Waals surface area contributed by atoms with Gasteiger partial charge < -0.3 is 0 Å². The molecule has 0 radical (unpaired) electrons. The smallest absolute Gasteiger partial charge is 0.0146 e. The van der Waals surface area contributed by atoms with Crippen molar-refractivity contribution in [3.05, 3.63) is 186 Å². The maximum Gasteiger partial charge on any atom is -0.0146 e. The van der Waals surface area contributed by atoms with Gasteiger partial charge in [0.2, 0.25) is 0 Å². The minimum Gasteiger partial charge on any atom is -0.0990 e. The van der Waals surface area contributed by atoms with E-state index in [1.807, 2.05) is 30.4 Å². The molecule has 4 aromatic rings. The Labute approximate surface area is 299 Å². The van der Waals surface area contributed by atoms with Crippen LogP contribution in [-0.4, -0.2) is 0 Å². The van der Waals surface area contributed by atoms with Crippen molar-refractivity contribution < 1.29 is 0 Å². The SMILES string of the molecule is C=C/C=C(\C=C/c1ccc(-c2ccc(C(C)C)cc2)cc1)c1cccc(/C(C=C)=C(/C=C\C)C2CC2)c1C.CCCC.Cc1ccccc1. The molecule has 49 heavy (non-hydrogen) atoms. The molecule has 0 aromatic heterocycles. The summed E-state index contributed by atoms with van der Waals surface area (Å²) in [7, 11) is 0. The highest BCUT2D eigenvalue weighted by atomic mass is 14.3. The molecule has 0 nitrogen and oxygen atoms in total. The average Bonchev–Trinajstić information content (AvgIpc) is 3.97. The predicted octanol–water partition coefficient (Wildman–Crippen LogP) is 14.8.